The van der Waals surface area contributed by atoms with Gasteiger partial charge in [0.25, 0.3) is 0 Å². The molecule has 1 heterocycles. The van der Waals surface area contributed by atoms with Crippen LogP contribution in [0.3, 0.4) is 0 Å². The molecule has 0 amide bonds. The molecule has 1 aliphatic rings. The molecule has 0 radical (unpaired) electrons. The van der Waals surface area contributed by atoms with Crippen LogP contribution in [-0.2, 0) is 4.74 Å². The van der Waals surface area contributed by atoms with E-state index in [1.165, 1.54) is 13.0 Å². The van der Waals surface area contributed by atoms with Gasteiger partial charge in [0.15, 0.2) is 0 Å². The van der Waals surface area contributed by atoms with Crippen molar-refractivity contribution in [3.63, 3.8) is 0 Å². The standard InChI is InChI=1S/C12H26N2O/c1-10(2)14(7-8-15-4)12-9-13-6-5-11(12)3/h10-13H,5-9H2,1-4H3. The van der Waals surface area contributed by atoms with Gasteiger partial charge in [0.1, 0.15) is 0 Å². The lowest BCUT2D eigenvalue weighted by atomic mass is 9.92. The summed E-state index contributed by atoms with van der Waals surface area (Å²) < 4.78 is 5.19. The SMILES string of the molecule is COCCN(C(C)C)C1CNCCC1C. The summed E-state index contributed by atoms with van der Waals surface area (Å²) in [6, 6.07) is 1.28. The molecule has 0 bridgehead atoms. The van der Waals surface area contributed by atoms with Gasteiger partial charge >= 0.3 is 0 Å². The summed E-state index contributed by atoms with van der Waals surface area (Å²) >= 11 is 0. The maximum Gasteiger partial charge on any atom is 0.0589 e. The molecular formula is C12H26N2O. The van der Waals surface area contributed by atoms with Gasteiger partial charge in [-0.2, -0.15) is 0 Å². The van der Waals surface area contributed by atoms with Crippen LogP contribution in [0.1, 0.15) is 27.2 Å². The Morgan fingerprint density at radius 1 is 1.47 bits per heavy atom. The first-order valence-corrected chi connectivity index (χ1v) is 6.12. The second-order valence-electron chi connectivity index (χ2n) is 4.86. The molecule has 90 valence electrons. The van der Waals surface area contributed by atoms with Gasteiger partial charge in [-0.05, 0) is 32.7 Å². The van der Waals surface area contributed by atoms with Gasteiger partial charge in [0.2, 0.25) is 0 Å². The fraction of sp³-hybridized carbons (Fsp3) is 1.00. The molecule has 1 aliphatic heterocycles. The molecule has 0 aromatic rings. The largest absolute Gasteiger partial charge is 0.383 e. The summed E-state index contributed by atoms with van der Waals surface area (Å²) in [4.78, 5) is 2.57. The van der Waals surface area contributed by atoms with Crippen LogP contribution in [-0.4, -0.2) is 50.3 Å². The average molecular weight is 214 g/mol. The first kappa shape index (κ1) is 12.9. The number of hydrogen-bond donors (Lipinski definition) is 1. The summed E-state index contributed by atoms with van der Waals surface area (Å²) in [5, 5.41) is 3.49. The predicted octanol–water partition coefficient (Wildman–Crippen LogP) is 1.34. The highest BCUT2D eigenvalue weighted by Crippen LogP contribution is 2.19. The molecule has 2 atom stereocenters. The number of ether oxygens (including phenoxy) is 1. The van der Waals surface area contributed by atoms with Gasteiger partial charge in [0.05, 0.1) is 6.61 Å². The maximum absolute atomic E-state index is 5.19. The molecule has 1 N–H and O–H groups in total. The Labute approximate surface area is 94.2 Å². The van der Waals surface area contributed by atoms with E-state index in [9.17, 15) is 0 Å². The van der Waals surface area contributed by atoms with Crippen molar-refractivity contribution in [2.24, 2.45) is 5.92 Å². The van der Waals surface area contributed by atoms with Gasteiger partial charge in [-0.25, -0.2) is 0 Å². The lowest BCUT2D eigenvalue weighted by Crippen LogP contribution is -2.53. The Kier molecular flexibility index (Phi) is 5.58. The monoisotopic (exact) mass is 214 g/mol. The van der Waals surface area contributed by atoms with Gasteiger partial charge in [0, 0.05) is 32.3 Å². The third kappa shape index (κ3) is 3.74. The molecule has 0 aliphatic carbocycles. The zero-order valence-corrected chi connectivity index (χ0v) is 10.6. The number of rotatable bonds is 5. The van der Waals surface area contributed by atoms with Crippen LogP contribution < -0.4 is 5.32 Å². The van der Waals surface area contributed by atoms with Crippen LogP contribution in [0.4, 0.5) is 0 Å². The zero-order valence-electron chi connectivity index (χ0n) is 10.6. The van der Waals surface area contributed by atoms with Crippen molar-refractivity contribution in [3.8, 4) is 0 Å². The second kappa shape index (κ2) is 6.46. The van der Waals surface area contributed by atoms with Crippen LogP contribution >= 0.6 is 0 Å². The van der Waals surface area contributed by atoms with Crippen molar-refractivity contribution in [1.82, 2.24) is 10.2 Å². The third-order valence-corrected chi connectivity index (χ3v) is 3.43. The predicted molar refractivity (Wildman–Crippen MR) is 64.2 cm³/mol. The Morgan fingerprint density at radius 3 is 2.73 bits per heavy atom. The fourth-order valence-electron chi connectivity index (χ4n) is 2.42. The minimum Gasteiger partial charge on any atom is -0.383 e. The summed E-state index contributed by atoms with van der Waals surface area (Å²) in [6.45, 7) is 11.1. The highest BCUT2D eigenvalue weighted by atomic mass is 16.5. The van der Waals surface area contributed by atoms with Crippen molar-refractivity contribution in [3.05, 3.63) is 0 Å². The summed E-state index contributed by atoms with van der Waals surface area (Å²) in [5.41, 5.74) is 0. The normalized spacial score (nSPS) is 27.6. The topological polar surface area (TPSA) is 24.5 Å². The molecular weight excluding hydrogens is 188 g/mol. The van der Waals surface area contributed by atoms with Crippen molar-refractivity contribution in [1.29, 1.82) is 0 Å². The fourth-order valence-corrected chi connectivity index (χ4v) is 2.42. The average Bonchev–Trinajstić information content (AvgIpc) is 2.20. The first-order chi connectivity index (χ1) is 7.16. The molecule has 3 nitrogen and oxygen atoms in total. The molecule has 0 saturated carbocycles. The van der Waals surface area contributed by atoms with E-state index >= 15 is 0 Å². The Morgan fingerprint density at radius 2 is 2.20 bits per heavy atom. The lowest BCUT2D eigenvalue weighted by Gasteiger charge is -2.41. The van der Waals surface area contributed by atoms with Crippen LogP contribution in [0, 0.1) is 5.92 Å². The number of methoxy groups -OCH3 is 1. The van der Waals surface area contributed by atoms with Crippen LogP contribution in [0.5, 0.6) is 0 Å². The maximum atomic E-state index is 5.19. The highest BCUT2D eigenvalue weighted by molar-refractivity contribution is 4.85. The minimum absolute atomic E-state index is 0.604. The molecule has 15 heavy (non-hydrogen) atoms. The molecule has 2 unspecified atom stereocenters. The molecule has 1 saturated heterocycles. The second-order valence-corrected chi connectivity index (χ2v) is 4.86. The molecule has 0 aromatic carbocycles. The molecule has 0 spiro atoms. The van der Waals surface area contributed by atoms with E-state index in [1.807, 2.05) is 0 Å². The number of piperidine rings is 1. The number of nitrogens with one attached hydrogen (secondary N) is 1. The molecule has 1 rings (SSSR count). The minimum atomic E-state index is 0.604. The summed E-state index contributed by atoms with van der Waals surface area (Å²) in [6.07, 6.45) is 1.29. The van der Waals surface area contributed by atoms with Crippen molar-refractivity contribution < 1.29 is 4.74 Å². The zero-order chi connectivity index (χ0) is 11.3. The Bertz CT molecular complexity index is 173. The number of nitrogens with zero attached hydrogens (tertiary/aromatic N) is 1. The van der Waals surface area contributed by atoms with Gasteiger partial charge in [-0.15, -0.1) is 0 Å². The van der Waals surface area contributed by atoms with E-state index in [0.717, 1.165) is 25.6 Å². The van der Waals surface area contributed by atoms with E-state index < -0.39 is 0 Å². The molecule has 1 fully saturated rings. The summed E-state index contributed by atoms with van der Waals surface area (Å²) in [7, 11) is 1.78. The van der Waals surface area contributed by atoms with Gasteiger partial charge < -0.3 is 10.1 Å². The van der Waals surface area contributed by atoms with Gasteiger partial charge in [-0.3, -0.25) is 4.90 Å². The van der Waals surface area contributed by atoms with Crippen LogP contribution in [0.25, 0.3) is 0 Å². The van der Waals surface area contributed by atoms with Gasteiger partial charge in [-0.1, -0.05) is 6.92 Å². The Balaban J connectivity index is 2.52. The van der Waals surface area contributed by atoms with Crippen molar-refractivity contribution in [2.75, 3.05) is 33.4 Å². The quantitative estimate of drug-likeness (QED) is 0.747. The molecule has 3 heteroatoms. The Hall–Kier alpha value is -0.120. The van der Waals surface area contributed by atoms with E-state index in [-0.39, 0.29) is 0 Å². The smallest absolute Gasteiger partial charge is 0.0589 e. The molecule has 0 aromatic heterocycles. The first-order valence-electron chi connectivity index (χ1n) is 6.12. The van der Waals surface area contributed by atoms with E-state index in [0.29, 0.717) is 12.1 Å². The highest BCUT2D eigenvalue weighted by Gasteiger charge is 2.28. The van der Waals surface area contributed by atoms with Crippen LogP contribution in [0.2, 0.25) is 0 Å². The van der Waals surface area contributed by atoms with E-state index in [4.69, 9.17) is 4.74 Å². The van der Waals surface area contributed by atoms with Crippen molar-refractivity contribution in [2.45, 2.75) is 39.3 Å². The third-order valence-electron chi connectivity index (χ3n) is 3.43. The summed E-state index contributed by atoms with van der Waals surface area (Å²) in [5.74, 6) is 0.797. The number of hydrogen-bond acceptors (Lipinski definition) is 3. The van der Waals surface area contributed by atoms with Crippen LogP contribution in [0.15, 0.2) is 0 Å². The lowest BCUT2D eigenvalue weighted by molar-refractivity contribution is 0.0603. The van der Waals surface area contributed by atoms with E-state index in [2.05, 4.69) is 31.0 Å². The van der Waals surface area contributed by atoms with E-state index in [1.54, 1.807) is 7.11 Å². The van der Waals surface area contributed by atoms with Crippen molar-refractivity contribution >= 4 is 0 Å².